The third kappa shape index (κ3) is 2.28. The fourth-order valence-corrected chi connectivity index (χ4v) is 1.45. The number of hydrogen-bond acceptors (Lipinski definition) is 2. The number of halogens is 3. The van der Waals surface area contributed by atoms with Gasteiger partial charge in [0.25, 0.3) is 0 Å². The second-order valence-electron chi connectivity index (χ2n) is 3.16. The summed E-state index contributed by atoms with van der Waals surface area (Å²) >= 11 is 0. The molecule has 0 aliphatic carbocycles. The summed E-state index contributed by atoms with van der Waals surface area (Å²) in [5.74, 6) is 0. The van der Waals surface area contributed by atoms with E-state index in [4.69, 9.17) is 11.0 Å². The van der Waals surface area contributed by atoms with Gasteiger partial charge in [0.1, 0.15) is 0 Å². The van der Waals surface area contributed by atoms with Crippen LogP contribution in [0, 0.1) is 18.3 Å². The summed E-state index contributed by atoms with van der Waals surface area (Å²) in [5, 5.41) is 8.64. The maximum absolute atomic E-state index is 12.6. The third-order valence-electron chi connectivity index (χ3n) is 1.99. The maximum atomic E-state index is 12.6. The van der Waals surface area contributed by atoms with E-state index in [0.717, 1.165) is 0 Å². The van der Waals surface area contributed by atoms with E-state index in [-0.39, 0.29) is 17.7 Å². The minimum absolute atomic E-state index is 0.0425. The van der Waals surface area contributed by atoms with Crippen LogP contribution < -0.4 is 5.73 Å². The fourth-order valence-electron chi connectivity index (χ4n) is 1.45. The summed E-state index contributed by atoms with van der Waals surface area (Å²) in [6, 6.07) is 4.10. The van der Waals surface area contributed by atoms with Gasteiger partial charge in [-0.3, -0.25) is 0 Å². The zero-order chi connectivity index (χ0) is 11.6. The van der Waals surface area contributed by atoms with E-state index >= 15 is 0 Å². The number of benzene rings is 1. The van der Waals surface area contributed by atoms with Crippen molar-refractivity contribution in [3.8, 4) is 6.07 Å². The molecule has 0 atom stereocenters. The lowest BCUT2D eigenvalue weighted by atomic mass is 9.98. The van der Waals surface area contributed by atoms with Crippen molar-refractivity contribution in [3.05, 3.63) is 34.4 Å². The van der Waals surface area contributed by atoms with E-state index < -0.39 is 11.7 Å². The van der Waals surface area contributed by atoms with Gasteiger partial charge in [0.05, 0.1) is 17.2 Å². The fraction of sp³-hybridized carbons (Fsp3) is 0.300. The first-order valence-corrected chi connectivity index (χ1v) is 4.21. The van der Waals surface area contributed by atoms with Gasteiger partial charge in [-0.25, -0.2) is 0 Å². The second kappa shape index (κ2) is 3.91. The lowest BCUT2D eigenvalue weighted by Crippen LogP contribution is -2.14. The number of aryl methyl sites for hydroxylation is 1. The molecule has 5 heteroatoms. The predicted octanol–water partition coefficient (Wildman–Crippen LogP) is 2.34. The minimum Gasteiger partial charge on any atom is -0.326 e. The molecule has 1 aromatic carbocycles. The molecule has 0 amide bonds. The first-order chi connectivity index (χ1) is 6.90. The van der Waals surface area contributed by atoms with Crippen LogP contribution in [0.25, 0.3) is 0 Å². The lowest BCUT2D eigenvalue weighted by molar-refractivity contribution is -0.138. The van der Waals surface area contributed by atoms with E-state index in [1.54, 1.807) is 13.0 Å². The molecular weight excluding hydrogens is 205 g/mol. The van der Waals surface area contributed by atoms with Gasteiger partial charge in [-0.05, 0) is 24.1 Å². The minimum atomic E-state index is -4.53. The van der Waals surface area contributed by atoms with Gasteiger partial charge in [-0.15, -0.1) is 0 Å². The monoisotopic (exact) mass is 214 g/mol. The Hall–Kier alpha value is -1.54. The van der Waals surface area contributed by atoms with Crippen molar-refractivity contribution < 1.29 is 13.2 Å². The first-order valence-electron chi connectivity index (χ1n) is 4.21. The van der Waals surface area contributed by atoms with E-state index in [1.165, 1.54) is 12.1 Å². The maximum Gasteiger partial charge on any atom is 0.417 e. The smallest absolute Gasteiger partial charge is 0.326 e. The first kappa shape index (κ1) is 11.5. The summed E-state index contributed by atoms with van der Waals surface area (Å²) in [4.78, 5) is 0. The standard InChI is InChI=1S/C10H9F3N2/c1-6-2-7(4-14)9(10(11,12)13)8(3-6)5-15/h2-3H,4,14H2,1H3. The highest BCUT2D eigenvalue weighted by Crippen LogP contribution is 2.35. The molecule has 0 radical (unpaired) electrons. The zero-order valence-corrected chi connectivity index (χ0v) is 8.02. The highest BCUT2D eigenvalue weighted by Gasteiger charge is 2.36. The number of nitrogens with two attached hydrogens (primary N) is 1. The van der Waals surface area contributed by atoms with Gasteiger partial charge in [-0.2, -0.15) is 18.4 Å². The van der Waals surface area contributed by atoms with E-state index in [9.17, 15) is 13.2 Å². The molecule has 0 heterocycles. The number of rotatable bonds is 1. The summed E-state index contributed by atoms with van der Waals surface area (Å²) < 4.78 is 37.8. The number of nitriles is 1. The van der Waals surface area contributed by atoms with Crippen molar-refractivity contribution in [2.75, 3.05) is 0 Å². The number of nitrogens with zero attached hydrogens (tertiary/aromatic N) is 1. The van der Waals surface area contributed by atoms with Crippen LogP contribution in [0.2, 0.25) is 0 Å². The molecule has 0 saturated carbocycles. The molecule has 0 unspecified atom stereocenters. The Morgan fingerprint density at radius 2 is 2.00 bits per heavy atom. The summed E-state index contributed by atoms with van der Waals surface area (Å²) in [6.45, 7) is 1.39. The molecule has 0 fully saturated rings. The largest absolute Gasteiger partial charge is 0.417 e. The quantitative estimate of drug-likeness (QED) is 0.780. The van der Waals surface area contributed by atoms with Crippen LogP contribution in [0.15, 0.2) is 12.1 Å². The van der Waals surface area contributed by atoms with Crippen LogP contribution in [0.4, 0.5) is 13.2 Å². The van der Waals surface area contributed by atoms with E-state index in [2.05, 4.69) is 0 Å². The molecule has 80 valence electrons. The number of alkyl halides is 3. The third-order valence-corrected chi connectivity index (χ3v) is 1.99. The molecule has 0 bridgehead atoms. The summed E-state index contributed by atoms with van der Waals surface area (Å²) in [6.07, 6.45) is -4.53. The van der Waals surface area contributed by atoms with Crippen molar-refractivity contribution in [2.24, 2.45) is 5.73 Å². The van der Waals surface area contributed by atoms with Crippen molar-refractivity contribution in [1.82, 2.24) is 0 Å². The molecule has 0 spiro atoms. The average molecular weight is 214 g/mol. The second-order valence-corrected chi connectivity index (χ2v) is 3.16. The van der Waals surface area contributed by atoms with Crippen molar-refractivity contribution in [3.63, 3.8) is 0 Å². The molecule has 2 N–H and O–H groups in total. The average Bonchev–Trinajstić information content (AvgIpc) is 2.14. The van der Waals surface area contributed by atoms with Gasteiger partial charge >= 0.3 is 6.18 Å². The van der Waals surface area contributed by atoms with Gasteiger partial charge in [0, 0.05) is 6.54 Å². The molecule has 1 rings (SSSR count). The van der Waals surface area contributed by atoms with Crippen LogP contribution in [0.5, 0.6) is 0 Å². The molecule has 0 aliphatic heterocycles. The van der Waals surface area contributed by atoms with E-state index in [1.807, 2.05) is 0 Å². The molecular formula is C10H9F3N2. The van der Waals surface area contributed by atoms with Crippen LogP contribution in [-0.4, -0.2) is 0 Å². The summed E-state index contributed by atoms with van der Waals surface area (Å²) in [7, 11) is 0. The van der Waals surface area contributed by atoms with Crippen molar-refractivity contribution >= 4 is 0 Å². The van der Waals surface area contributed by atoms with Gasteiger partial charge in [0.15, 0.2) is 0 Å². The molecule has 2 nitrogen and oxygen atoms in total. The SMILES string of the molecule is Cc1cc(C#N)c(C(F)(F)F)c(CN)c1. The van der Waals surface area contributed by atoms with Crippen LogP contribution >= 0.6 is 0 Å². The van der Waals surface area contributed by atoms with Crippen LogP contribution in [-0.2, 0) is 12.7 Å². The van der Waals surface area contributed by atoms with Gasteiger partial charge in [-0.1, -0.05) is 6.07 Å². The predicted molar refractivity (Wildman–Crippen MR) is 48.8 cm³/mol. The Morgan fingerprint density at radius 3 is 2.40 bits per heavy atom. The van der Waals surface area contributed by atoms with Crippen molar-refractivity contribution in [2.45, 2.75) is 19.6 Å². The Labute approximate surface area is 85.1 Å². The Kier molecular flexibility index (Phi) is 3.01. The molecule has 15 heavy (non-hydrogen) atoms. The molecule has 0 saturated heterocycles. The molecule has 0 aromatic heterocycles. The zero-order valence-electron chi connectivity index (χ0n) is 8.02. The lowest BCUT2D eigenvalue weighted by Gasteiger charge is -2.14. The van der Waals surface area contributed by atoms with Crippen LogP contribution in [0.1, 0.15) is 22.3 Å². The topological polar surface area (TPSA) is 49.8 Å². The van der Waals surface area contributed by atoms with Crippen molar-refractivity contribution in [1.29, 1.82) is 5.26 Å². The molecule has 1 aromatic rings. The highest BCUT2D eigenvalue weighted by atomic mass is 19.4. The summed E-state index contributed by atoms with van der Waals surface area (Å²) in [5.41, 5.74) is 4.49. The Balaban J connectivity index is 3.53. The van der Waals surface area contributed by atoms with E-state index in [0.29, 0.717) is 5.56 Å². The molecule has 0 aliphatic rings. The van der Waals surface area contributed by atoms with Gasteiger partial charge < -0.3 is 5.73 Å². The Bertz CT molecular complexity index is 416. The van der Waals surface area contributed by atoms with Gasteiger partial charge in [0.2, 0.25) is 0 Å². The normalized spacial score (nSPS) is 11.2. The number of hydrogen-bond donors (Lipinski definition) is 1. The Morgan fingerprint density at radius 1 is 1.40 bits per heavy atom. The highest BCUT2D eigenvalue weighted by molar-refractivity contribution is 5.47. The van der Waals surface area contributed by atoms with Crippen LogP contribution in [0.3, 0.4) is 0 Å².